The molecule has 0 saturated carbocycles. The van der Waals surface area contributed by atoms with Crippen LogP contribution in [0.1, 0.15) is 18.2 Å². The number of nitrogens with one attached hydrogen (secondary N) is 2. The van der Waals surface area contributed by atoms with Gasteiger partial charge < -0.3 is 25.6 Å². The van der Waals surface area contributed by atoms with Crippen LogP contribution in [0, 0.1) is 5.21 Å². The van der Waals surface area contributed by atoms with Crippen LogP contribution in [-0.2, 0) is 17.7 Å². The standard InChI is InChI=1S/C18H22N5O2/c1-12-11-25-9-8-23(12)18-15-6-7-19-10-16(15)20-17(21-18)13-2-4-14(22-24)5-3-13/h2-5,12,19,22H,6-11H2,1H3/q-1/t12-/m0/s1. The maximum Gasteiger partial charge on any atom is 0.161 e. The molecule has 2 N–H and O–H groups in total. The third-order valence-electron chi connectivity index (χ3n) is 4.82. The number of benzene rings is 1. The van der Waals surface area contributed by atoms with Crippen LogP contribution in [0.2, 0.25) is 0 Å². The van der Waals surface area contributed by atoms with Crippen LogP contribution >= 0.6 is 0 Å². The molecular formula is C18H22N5O2-. The maximum atomic E-state index is 10.8. The van der Waals surface area contributed by atoms with E-state index in [2.05, 4.69) is 17.1 Å². The van der Waals surface area contributed by atoms with Gasteiger partial charge in [0.1, 0.15) is 5.82 Å². The summed E-state index contributed by atoms with van der Waals surface area (Å²) in [7, 11) is 0. The number of hydrogen-bond donors (Lipinski definition) is 2. The van der Waals surface area contributed by atoms with Crippen LogP contribution in [0.15, 0.2) is 24.3 Å². The van der Waals surface area contributed by atoms with E-state index < -0.39 is 0 Å². The van der Waals surface area contributed by atoms with Gasteiger partial charge >= 0.3 is 0 Å². The van der Waals surface area contributed by atoms with Crippen LogP contribution < -0.4 is 15.7 Å². The number of anilines is 2. The molecule has 4 rings (SSSR count). The highest BCUT2D eigenvalue weighted by atomic mass is 16.5. The summed E-state index contributed by atoms with van der Waals surface area (Å²) in [5, 5.41) is 14.2. The Morgan fingerprint density at radius 3 is 2.88 bits per heavy atom. The molecule has 0 radical (unpaired) electrons. The van der Waals surface area contributed by atoms with Crippen molar-refractivity contribution < 1.29 is 4.74 Å². The average molecular weight is 340 g/mol. The minimum Gasteiger partial charge on any atom is -0.761 e. The van der Waals surface area contributed by atoms with E-state index in [1.54, 1.807) is 12.1 Å². The monoisotopic (exact) mass is 340 g/mol. The van der Waals surface area contributed by atoms with Crippen molar-refractivity contribution in [1.29, 1.82) is 0 Å². The summed E-state index contributed by atoms with van der Waals surface area (Å²) in [5.41, 5.74) is 5.66. The molecule has 2 aliphatic heterocycles. The largest absolute Gasteiger partial charge is 0.761 e. The molecule has 1 saturated heterocycles. The van der Waals surface area contributed by atoms with Gasteiger partial charge in [-0.15, -0.1) is 0 Å². The van der Waals surface area contributed by atoms with Gasteiger partial charge in [-0.1, -0.05) is 0 Å². The van der Waals surface area contributed by atoms with Gasteiger partial charge in [0.05, 0.1) is 24.9 Å². The fraction of sp³-hybridized carbons (Fsp3) is 0.444. The third kappa shape index (κ3) is 3.18. The average Bonchev–Trinajstić information content (AvgIpc) is 2.68. The zero-order chi connectivity index (χ0) is 17.2. The second-order valence-corrected chi connectivity index (χ2v) is 6.52. The SMILES string of the molecule is C[C@H]1COCCN1c1nc(-c2ccc(N[O-])cc2)nc2c1CCNC2. The third-order valence-corrected chi connectivity index (χ3v) is 4.82. The molecular weight excluding hydrogens is 318 g/mol. The Bertz CT molecular complexity index is 750. The molecule has 1 atom stereocenters. The molecule has 0 bridgehead atoms. The van der Waals surface area contributed by atoms with Gasteiger partial charge in [0.2, 0.25) is 0 Å². The maximum absolute atomic E-state index is 10.8. The molecule has 2 aromatic rings. The predicted molar refractivity (Wildman–Crippen MR) is 97.5 cm³/mol. The summed E-state index contributed by atoms with van der Waals surface area (Å²) >= 11 is 0. The van der Waals surface area contributed by atoms with Crippen molar-refractivity contribution in [3.63, 3.8) is 0 Å². The summed E-state index contributed by atoms with van der Waals surface area (Å²) in [5.74, 6) is 1.73. The van der Waals surface area contributed by atoms with Crippen molar-refractivity contribution in [2.24, 2.45) is 0 Å². The van der Waals surface area contributed by atoms with E-state index in [9.17, 15) is 5.21 Å². The Morgan fingerprint density at radius 1 is 1.28 bits per heavy atom. The van der Waals surface area contributed by atoms with Crippen molar-refractivity contribution in [1.82, 2.24) is 15.3 Å². The van der Waals surface area contributed by atoms with Gasteiger partial charge in [-0.2, -0.15) is 0 Å². The smallest absolute Gasteiger partial charge is 0.161 e. The summed E-state index contributed by atoms with van der Waals surface area (Å²) in [6, 6.07) is 7.55. The lowest BCUT2D eigenvalue weighted by Gasteiger charge is -2.36. The number of nitrogens with zero attached hydrogens (tertiary/aromatic N) is 3. The Balaban J connectivity index is 1.78. The first kappa shape index (κ1) is 16.3. The Labute approximate surface area is 147 Å². The first-order valence-electron chi connectivity index (χ1n) is 8.70. The normalized spacial score (nSPS) is 20.2. The molecule has 7 nitrogen and oxygen atoms in total. The van der Waals surface area contributed by atoms with E-state index in [4.69, 9.17) is 14.7 Å². The minimum absolute atomic E-state index is 0.294. The van der Waals surface area contributed by atoms with Gasteiger partial charge in [-0.3, -0.25) is 0 Å². The molecule has 3 heterocycles. The minimum atomic E-state index is 0.294. The van der Waals surface area contributed by atoms with Crippen molar-refractivity contribution in [3.05, 3.63) is 40.7 Å². The van der Waals surface area contributed by atoms with E-state index in [0.29, 0.717) is 17.6 Å². The zero-order valence-corrected chi connectivity index (χ0v) is 14.3. The lowest BCUT2D eigenvalue weighted by Crippen LogP contribution is -2.45. The van der Waals surface area contributed by atoms with E-state index in [0.717, 1.165) is 56.3 Å². The quantitative estimate of drug-likeness (QED) is 0.826. The van der Waals surface area contributed by atoms with E-state index in [1.807, 2.05) is 17.6 Å². The van der Waals surface area contributed by atoms with Gasteiger partial charge in [-0.25, -0.2) is 9.97 Å². The van der Waals surface area contributed by atoms with Gasteiger partial charge in [0, 0.05) is 29.9 Å². The van der Waals surface area contributed by atoms with Crippen molar-refractivity contribution in [3.8, 4) is 11.4 Å². The molecule has 0 amide bonds. The molecule has 1 aromatic heterocycles. The summed E-state index contributed by atoms with van der Waals surface area (Å²) in [6.07, 6.45) is 0.939. The second-order valence-electron chi connectivity index (χ2n) is 6.52. The molecule has 1 fully saturated rings. The van der Waals surface area contributed by atoms with Gasteiger partial charge in [0.25, 0.3) is 0 Å². The number of rotatable bonds is 3. The predicted octanol–water partition coefficient (Wildman–Crippen LogP) is 1.92. The fourth-order valence-corrected chi connectivity index (χ4v) is 3.44. The molecule has 0 spiro atoms. The first-order valence-corrected chi connectivity index (χ1v) is 8.70. The van der Waals surface area contributed by atoms with Crippen LogP contribution in [0.5, 0.6) is 0 Å². The first-order chi connectivity index (χ1) is 12.3. The summed E-state index contributed by atoms with van der Waals surface area (Å²) in [4.78, 5) is 12.0. The Hall–Kier alpha value is -2.22. The van der Waals surface area contributed by atoms with Crippen LogP contribution in [0.25, 0.3) is 11.4 Å². The topological polar surface area (TPSA) is 85.4 Å². The van der Waals surface area contributed by atoms with E-state index >= 15 is 0 Å². The van der Waals surface area contributed by atoms with E-state index in [1.165, 1.54) is 5.56 Å². The molecule has 25 heavy (non-hydrogen) atoms. The molecule has 0 aliphatic carbocycles. The van der Waals surface area contributed by atoms with Crippen LogP contribution in [0.4, 0.5) is 11.5 Å². The number of hydrogen-bond acceptors (Lipinski definition) is 7. The molecule has 1 aromatic carbocycles. The highest BCUT2D eigenvalue weighted by Crippen LogP contribution is 2.30. The molecule has 2 aliphatic rings. The number of aromatic nitrogens is 2. The highest BCUT2D eigenvalue weighted by molar-refractivity contribution is 5.64. The van der Waals surface area contributed by atoms with Crippen LogP contribution in [0.3, 0.4) is 0 Å². The zero-order valence-electron chi connectivity index (χ0n) is 14.3. The fourth-order valence-electron chi connectivity index (χ4n) is 3.44. The Morgan fingerprint density at radius 2 is 2.12 bits per heavy atom. The van der Waals surface area contributed by atoms with Gasteiger partial charge in [0.15, 0.2) is 5.82 Å². The van der Waals surface area contributed by atoms with Crippen molar-refractivity contribution in [2.75, 3.05) is 36.7 Å². The summed E-state index contributed by atoms with van der Waals surface area (Å²) < 4.78 is 5.58. The summed E-state index contributed by atoms with van der Waals surface area (Å²) in [6.45, 7) is 6.17. The molecule has 0 unspecified atom stereocenters. The van der Waals surface area contributed by atoms with Gasteiger partial charge in [-0.05, 0) is 44.2 Å². The number of ether oxygens (including phenoxy) is 1. The highest BCUT2D eigenvalue weighted by Gasteiger charge is 2.26. The van der Waals surface area contributed by atoms with Crippen LogP contribution in [-0.4, -0.2) is 42.3 Å². The lowest BCUT2D eigenvalue weighted by atomic mass is 10.0. The lowest BCUT2D eigenvalue weighted by molar-refractivity contribution is 0.0984. The molecule has 7 heteroatoms. The number of morpholine rings is 1. The molecule has 132 valence electrons. The van der Waals surface area contributed by atoms with Crippen molar-refractivity contribution >= 4 is 11.5 Å². The number of fused-ring (bicyclic) bond motifs is 1. The Kier molecular flexibility index (Phi) is 4.52. The van der Waals surface area contributed by atoms with E-state index in [-0.39, 0.29) is 0 Å². The van der Waals surface area contributed by atoms with Crippen molar-refractivity contribution in [2.45, 2.75) is 25.9 Å². The second kappa shape index (κ2) is 6.95.